The van der Waals surface area contributed by atoms with E-state index in [0.29, 0.717) is 10.8 Å². The Morgan fingerprint density at radius 2 is 1.95 bits per heavy atom. The van der Waals surface area contributed by atoms with Crippen LogP contribution in [0.3, 0.4) is 0 Å². The van der Waals surface area contributed by atoms with Crippen molar-refractivity contribution < 1.29 is 17.9 Å². The maximum Gasteiger partial charge on any atom is 0.249 e. The quantitative estimate of drug-likeness (QED) is 0.870. The lowest BCUT2D eigenvalue weighted by atomic mass is 10.3. The highest BCUT2D eigenvalue weighted by Gasteiger charge is 2.25. The Balaban J connectivity index is 3.24. The van der Waals surface area contributed by atoms with Crippen LogP contribution in [-0.2, 0) is 10.0 Å². The second-order valence-electron chi connectivity index (χ2n) is 3.86. The van der Waals surface area contributed by atoms with Gasteiger partial charge in [0, 0.05) is 12.1 Å². The van der Waals surface area contributed by atoms with Gasteiger partial charge in [-0.15, -0.1) is 0 Å². The smallest absolute Gasteiger partial charge is 0.249 e. The molecule has 6 nitrogen and oxygen atoms in total. The Labute approximate surface area is 123 Å². The number of hydrogen-bond acceptors (Lipinski definition) is 5. The first-order valence-corrected chi connectivity index (χ1v) is 7.64. The lowest BCUT2D eigenvalue weighted by Gasteiger charge is -2.15. The van der Waals surface area contributed by atoms with Crippen molar-refractivity contribution in [2.24, 2.45) is 0 Å². The second-order valence-corrected chi connectivity index (χ2v) is 6.13. The average Bonchev–Trinajstić information content (AvgIpc) is 2.40. The molecule has 1 aromatic rings. The van der Waals surface area contributed by atoms with Gasteiger partial charge in [0.2, 0.25) is 10.0 Å². The van der Waals surface area contributed by atoms with Crippen molar-refractivity contribution in [3.63, 3.8) is 0 Å². The van der Waals surface area contributed by atoms with Crippen LogP contribution in [0.5, 0.6) is 11.5 Å². The van der Waals surface area contributed by atoms with Crippen LogP contribution in [0.4, 0.5) is 5.69 Å². The molecule has 20 heavy (non-hydrogen) atoms. The molecule has 0 fully saturated rings. The first kappa shape index (κ1) is 16.4. The van der Waals surface area contributed by atoms with Crippen LogP contribution in [0, 0.1) is 11.3 Å². The molecule has 0 aliphatic rings. The van der Waals surface area contributed by atoms with Crippen LogP contribution in [0.25, 0.3) is 0 Å². The minimum absolute atomic E-state index is 0.169. The van der Waals surface area contributed by atoms with E-state index in [1.807, 2.05) is 0 Å². The molecule has 8 heteroatoms. The van der Waals surface area contributed by atoms with Crippen LogP contribution >= 0.6 is 11.6 Å². The summed E-state index contributed by atoms with van der Waals surface area (Å²) in [5.74, 6) is 0.544. The lowest BCUT2D eigenvalue weighted by Crippen LogP contribution is -2.26. The summed E-state index contributed by atoms with van der Waals surface area (Å²) in [6.45, 7) is 1.62. The summed E-state index contributed by atoms with van der Waals surface area (Å²) >= 11 is 5.93. The molecule has 0 heterocycles. The highest BCUT2D eigenvalue weighted by Crippen LogP contribution is 2.36. The summed E-state index contributed by atoms with van der Waals surface area (Å²) in [5.41, 5.74) is 0.169. The monoisotopic (exact) mass is 318 g/mol. The first-order chi connectivity index (χ1) is 9.39. The number of hydrogen-bond donors (Lipinski definition) is 1. The molecule has 1 aromatic carbocycles. The number of nitriles is 1. The van der Waals surface area contributed by atoms with Gasteiger partial charge >= 0.3 is 0 Å². The van der Waals surface area contributed by atoms with Gasteiger partial charge in [-0.05, 0) is 6.42 Å². The fraction of sp³-hybridized carbons (Fsp3) is 0.417. The van der Waals surface area contributed by atoms with E-state index in [4.69, 9.17) is 26.3 Å². The van der Waals surface area contributed by atoms with E-state index in [1.54, 1.807) is 13.0 Å². The fourth-order valence-corrected chi connectivity index (χ4v) is 2.96. The molecule has 0 aliphatic carbocycles. The zero-order valence-electron chi connectivity index (χ0n) is 11.3. The molecule has 110 valence electrons. The largest absolute Gasteiger partial charge is 0.495 e. The standard InChI is InChI=1S/C12H15ClN2O4S/c1-4-8(7-14)20(16,17)15-10-6-11(18-2)9(13)5-12(10)19-3/h5-6,8,15H,4H2,1-3H3. The summed E-state index contributed by atoms with van der Waals surface area (Å²) in [7, 11) is -1.04. The number of sulfonamides is 1. The number of ether oxygens (including phenoxy) is 2. The van der Waals surface area contributed by atoms with Crippen molar-refractivity contribution in [1.29, 1.82) is 5.26 Å². The van der Waals surface area contributed by atoms with Crippen molar-refractivity contribution in [1.82, 2.24) is 0 Å². The summed E-state index contributed by atoms with van der Waals surface area (Å²) in [6, 6.07) is 4.58. The van der Waals surface area contributed by atoms with Crippen molar-refractivity contribution in [3.05, 3.63) is 17.2 Å². The maximum absolute atomic E-state index is 12.1. The lowest BCUT2D eigenvalue weighted by molar-refractivity contribution is 0.405. The normalized spacial score (nSPS) is 12.3. The first-order valence-electron chi connectivity index (χ1n) is 5.72. The molecule has 1 N–H and O–H groups in total. The van der Waals surface area contributed by atoms with Gasteiger partial charge in [0.25, 0.3) is 0 Å². The molecular formula is C12H15ClN2O4S. The Morgan fingerprint density at radius 3 is 2.40 bits per heavy atom. The summed E-state index contributed by atoms with van der Waals surface area (Å²) < 4.78 is 36.5. The van der Waals surface area contributed by atoms with Crippen LogP contribution in [0.2, 0.25) is 5.02 Å². The number of anilines is 1. The van der Waals surface area contributed by atoms with Crippen LogP contribution in [0.15, 0.2) is 12.1 Å². The zero-order valence-corrected chi connectivity index (χ0v) is 12.9. The average molecular weight is 319 g/mol. The van der Waals surface area contributed by atoms with Gasteiger partial charge in [-0.2, -0.15) is 5.26 Å². The fourth-order valence-electron chi connectivity index (χ4n) is 1.54. The summed E-state index contributed by atoms with van der Waals surface area (Å²) in [5, 5.41) is 8.01. The molecule has 0 amide bonds. The molecule has 1 atom stereocenters. The van der Waals surface area contributed by atoms with E-state index in [9.17, 15) is 8.42 Å². The number of nitrogens with one attached hydrogen (secondary N) is 1. The Bertz CT molecular complexity index is 625. The van der Waals surface area contributed by atoms with Gasteiger partial charge in [0.15, 0.2) is 5.25 Å². The molecule has 1 rings (SSSR count). The maximum atomic E-state index is 12.1. The van der Waals surface area contributed by atoms with Gasteiger partial charge in [-0.3, -0.25) is 4.72 Å². The highest BCUT2D eigenvalue weighted by atomic mass is 35.5. The molecule has 0 saturated carbocycles. The number of methoxy groups -OCH3 is 2. The third kappa shape index (κ3) is 3.46. The van der Waals surface area contributed by atoms with Crippen molar-refractivity contribution in [3.8, 4) is 17.6 Å². The predicted molar refractivity (Wildman–Crippen MR) is 76.8 cm³/mol. The zero-order chi connectivity index (χ0) is 15.3. The second kappa shape index (κ2) is 6.68. The van der Waals surface area contributed by atoms with E-state index in [1.165, 1.54) is 26.4 Å². The third-order valence-electron chi connectivity index (χ3n) is 2.62. The Kier molecular flexibility index (Phi) is 5.48. The molecule has 0 bridgehead atoms. The van der Waals surface area contributed by atoms with Gasteiger partial charge in [-0.25, -0.2) is 8.42 Å². The van der Waals surface area contributed by atoms with Crippen LogP contribution in [-0.4, -0.2) is 27.9 Å². The molecule has 0 radical (unpaired) electrons. The van der Waals surface area contributed by atoms with Crippen LogP contribution in [0.1, 0.15) is 13.3 Å². The molecular weight excluding hydrogens is 304 g/mol. The minimum Gasteiger partial charge on any atom is -0.495 e. The van der Waals surface area contributed by atoms with E-state index >= 15 is 0 Å². The van der Waals surface area contributed by atoms with Gasteiger partial charge in [0.05, 0.1) is 31.0 Å². The molecule has 1 unspecified atom stereocenters. The van der Waals surface area contributed by atoms with Gasteiger partial charge < -0.3 is 9.47 Å². The Hall–Kier alpha value is -1.65. The van der Waals surface area contributed by atoms with E-state index < -0.39 is 15.3 Å². The van der Waals surface area contributed by atoms with Crippen molar-refractivity contribution >= 4 is 27.3 Å². The topological polar surface area (TPSA) is 88.4 Å². The number of halogens is 1. The van der Waals surface area contributed by atoms with Crippen LogP contribution < -0.4 is 14.2 Å². The minimum atomic E-state index is -3.84. The van der Waals surface area contributed by atoms with Gasteiger partial charge in [-0.1, -0.05) is 18.5 Å². The molecule has 0 aromatic heterocycles. The van der Waals surface area contributed by atoms with Gasteiger partial charge in [0.1, 0.15) is 11.5 Å². The van der Waals surface area contributed by atoms with E-state index in [0.717, 1.165) is 0 Å². The van der Waals surface area contributed by atoms with Crippen molar-refractivity contribution in [2.45, 2.75) is 18.6 Å². The van der Waals surface area contributed by atoms with E-state index in [-0.39, 0.29) is 17.9 Å². The van der Waals surface area contributed by atoms with E-state index in [2.05, 4.69) is 4.72 Å². The molecule has 0 spiro atoms. The predicted octanol–water partition coefficient (Wildman–Crippen LogP) is 2.40. The SMILES string of the molecule is CCC(C#N)S(=O)(=O)Nc1cc(OC)c(Cl)cc1OC. The molecule has 0 aliphatic heterocycles. The number of nitrogens with zero attached hydrogens (tertiary/aromatic N) is 1. The highest BCUT2D eigenvalue weighted by molar-refractivity contribution is 7.93. The molecule has 0 saturated heterocycles. The Morgan fingerprint density at radius 1 is 1.35 bits per heavy atom. The summed E-state index contributed by atoms with van der Waals surface area (Å²) in [4.78, 5) is 0. The summed E-state index contributed by atoms with van der Waals surface area (Å²) in [6.07, 6.45) is 0.179. The third-order valence-corrected chi connectivity index (χ3v) is 4.60. The van der Waals surface area contributed by atoms with Crippen molar-refractivity contribution in [2.75, 3.05) is 18.9 Å². The number of rotatable bonds is 6. The number of benzene rings is 1.